The average Bonchev–Trinajstić information content (AvgIpc) is 2.84. The lowest BCUT2D eigenvalue weighted by molar-refractivity contribution is 0.581. The van der Waals surface area contributed by atoms with E-state index in [1.165, 1.54) is 53.2 Å². The zero-order chi connectivity index (χ0) is 19.8. The molecule has 0 bridgehead atoms. The van der Waals surface area contributed by atoms with Crippen LogP contribution in [0.3, 0.4) is 0 Å². The molecule has 9 heteroatoms. The van der Waals surface area contributed by atoms with E-state index < -0.39 is 10.0 Å². The molecule has 1 aromatic heterocycles. The maximum absolute atomic E-state index is 12.9. The summed E-state index contributed by atoms with van der Waals surface area (Å²) in [4.78, 5) is 12.3. The van der Waals surface area contributed by atoms with E-state index in [0.717, 1.165) is 0 Å². The molecule has 0 spiro atoms. The highest BCUT2D eigenvalue weighted by Gasteiger charge is 2.17. The second-order valence-electron chi connectivity index (χ2n) is 5.98. The maximum Gasteiger partial charge on any atom is 0.290 e. The van der Waals surface area contributed by atoms with Gasteiger partial charge in [0.15, 0.2) is 0 Å². The van der Waals surface area contributed by atoms with Crippen LogP contribution in [0.4, 0.5) is 4.39 Å². The first kappa shape index (κ1) is 19.3. The fourth-order valence-electron chi connectivity index (χ4n) is 2.60. The maximum atomic E-state index is 12.9. The second-order valence-corrected chi connectivity index (χ2v) is 8.13. The molecule has 3 aromatic rings. The van der Waals surface area contributed by atoms with Crippen molar-refractivity contribution in [2.45, 2.75) is 18.4 Å². The minimum absolute atomic E-state index is 0.0381. The Morgan fingerprint density at radius 3 is 2.19 bits per heavy atom. The summed E-state index contributed by atoms with van der Waals surface area (Å²) in [5.41, 5.74) is 1.37. The normalized spacial score (nSPS) is 11.7. The first-order chi connectivity index (χ1) is 12.7. The molecule has 0 atom stereocenters. The van der Waals surface area contributed by atoms with E-state index in [0.29, 0.717) is 16.9 Å². The Labute approximate surface area is 160 Å². The van der Waals surface area contributed by atoms with Crippen molar-refractivity contribution in [3.63, 3.8) is 0 Å². The lowest BCUT2D eigenvalue weighted by Crippen LogP contribution is -2.23. The Balaban J connectivity index is 1.83. The molecule has 0 saturated carbocycles. The molecule has 0 unspecified atom stereocenters. The minimum Gasteiger partial charge on any atom is -0.284 e. The number of nitrogens with one attached hydrogen (secondary N) is 1. The summed E-state index contributed by atoms with van der Waals surface area (Å²) < 4.78 is 43.2. The predicted octanol–water partition coefficient (Wildman–Crippen LogP) is 2.76. The summed E-state index contributed by atoms with van der Waals surface area (Å²) in [6.45, 7) is 1.76. The van der Waals surface area contributed by atoms with Gasteiger partial charge < -0.3 is 0 Å². The molecule has 2 aromatic carbocycles. The highest BCUT2D eigenvalue weighted by molar-refractivity contribution is 7.89. The summed E-state index contributed by atoms with van der Waals surface area (Å²) in [6.07, 6.45) is 0. The third kappa shape index (κ3) is 3.83. The minimum atomic E-state index is -3.75. The molecular formula is C18H17ClFN3O3S. The van der Waals surface area contributed by atoms with Crippen molar-refractivity contribution in [3.8, 4) is 5.69 Å². The Hall–Kier alpha value is -2.42. The van der Waals surface area contributed by atoms with Crippen molar-refractivity contribution in [1.29, 1.82) is 0 Å². The van der Waals surface area contributed by atoms with E-state index >= 15 is 0 Å². The van der Waals surface area contributed by atoms with Gasteiger partial charge in [-0.25, -0.2) is 22.2 Å². The van der Waals surface area contributed by atoms with Crippen LogP contribution in [-0.2, 0) is 23.6 Å². The van der Waals surface area contributed by atoms with E-state index in [1.54, 1.807) is 18.7 Å². The first-order valence-corrected chi connectivity index (χ1v) is 9.85. The third-order valence-electron chi connectivity index (χ3n) is 4.25. The van der Waals surface area contributed by atoms with Gasteiger partial charge in [-0.3, -0.25) is 9.48 Å². The Morgan fingerprint density at radius 2 is 1.67 bits per heavy atom. The average molecular weight is 410 g/mol. The summed E-state index contributed by atoms with van der Waals surface area (Å²) in [6, 6.07) is 11.4. The summed E-state index contributed by atoms with van der Waals surface area (Å²) >= 11 is 5.98. The summed E-state index contributed by atoms with van der Waals surface area (Å²) in [5, 5.41) is 0.121. The lowest BCUT2D eigenvalue weighted by atomic mass is 10.2. The second kappa shape index (κ2) is 7.30. The molecule has 0 radical (unpaired) electrons. The number of halogens is 2. The zero-order valence-corrected chi connectivity index (χ0v) is 16.2. The fraction of sp³-hybridized carbons (Fsp3) is 0.167. The fourth-order valence-corrected chi connectivity index (χ4v) is 3.82. The van der Waals surface area contributed by atoms with Crippen molar-refractivity contribution in [3.05, 3.63) is 81.0 Å². The molecule has 1 N–H and O–H groups in total. The van der Waals surface area contributed by atoms with Crippen molar-refractivity contribution in [1.82, 2.24) is 14.1 Å². The molecule has 0 aliphatic carbocycles. The summed E-state index contributed by atoms with van der Waals surface area (Å²) in [5.74, 6) is -0.386. The van der Waals surface area contributed by atoms with Crippen molar-refractivity contribution >= 4 is 21.6 Å². The topological polar surface area (TPSA) is 73.1 Å². The van der Waals surface area contributed by atoms with Crippen LogP contribution in [0.25, 0.3) is 5.69 Å². The van der Waals surface area contributed by atoms with Gasteiger partial charge in [-0.1, -0.05) is 23.7 Å². The quantitative estimate of drug-likeness (QED) is 0.704. The summed E-state index contributed by atoms with van der Waals surface area (Å²) in [7, 11) is -2.06. The number of sulfonamides is 1. The molecule has 0 aliphatic rings. The largest absolute Gasteiger partial charge is 0.290 e. The Kier molecular flexibility index (Phi) is 5.23. The Bertz CT molecular complexity index is 1130. The number of aromatic nitrogens is 2. The van der Waals surface area contributed by atoms with Crippen LogP contribution in [0.2, 0.25) is 5.02 Å². The predicted molar refractivity (Wildman–Crippen MR) is 101 cm³/mol. The standard InChI is InChI=1S/C18H17ClFN3O3S/c1-12-17(19)18(24)23(22(12)2)15-7-9-16(10-8-15)27(25,26)21-11-13-3-5-14(20)6-4-13/h3-10,21H,11H2,1-2H3. The molecule has 0 amide bonds. The SMILES string of the molecule is Cc1c(Cl)c(=O)n(-c2ccc(S(=O)(=O)NCc3ccc(F)cc3)cc2)n1C. The van der Waals surface area contributed by atoms with Gasteiger partial charge in [0.05, 0.1) is 16.3 Å². The molecule has 6 nitrogen and oxygen atoms in total. The van der Waals surface area contributed by atoms with Crippen LogP contribution in [-0.4, -0.2) is 17.8 Å². The van der Waals surface area contributed by atoms with Crippen LogP contribution >= 0.6 is 11.6 Å². The van der Waals surface area contributed by atoms with Gasteiger partial charge in [-0.05, 0) is 48.9 Å². The molecule has 1 heterocycles. The smallest absolute Gasteiger partial charge is 0.284 e. The van der Waals surface area contributed by atoms with Crippen LogP contribution in [0.1, 0.15) is 11.3 Å². The van der Waals surface area contributed by atoms with Gasteiger partial charge in [0.2, 0.25) is 10.0 Å². The van der Waals surface area contributed by atoms with E-state index in [4.69, 9.17) is 11.6 Å². The van der Waals surface area contributed by atoms with Crippen molar-refractivity contribution in [2.24, 2.45) is 7.05 Å². The highest BCUT2D eigenvalue weighted by Crippen LogP contribution is 2.17. The third-order valence-corrected chi connectivity index (χ3v) is 6.11. The molecule has 0 saturated heterocycles. The van der Waals surface area contributed by atoms with Gasteiger partial charge in [-0.15, -0.1) is 0 Å². The molecular weight excluding hydrogens is 393 g/mol. The molecule has 27 heavy (non-hydrogen) atoms. The van der Waals surface area contributed by atoms with Crippen molar-refractivity contribution < 1.29 is 12.8 Å². The molecule has 0 aliphatic heterocycles. The van der Waals surface area contributed by atoms with Crippen LogP contribution in [0.5, 0.6) is 0 Å². The Morgan fingerprint density at radius 1 is 1.07 bits per heavy atom. The number of hydrogen-bond donors (Lipinski definition) is 1. The van der Waals surface area contributed by atoms with Gasteiger partial charge in [0, 0.05) is 13.6 Å². The van der Waals surface area contributed by atoms with Gasteiger partial charge in [-0.2, -0.15) is 0 Å². The van der Waals surface area contributed by atoms with E-state index in [2.05, 4.69) is 4.72 Å². The molecule has 142 valence electrons. The molecule has 0 fully saturated rings. The zero-order valence-electron chi connectivity index (χ0n) is 14.6. The number of nitrogens with zero attached hydrogens (tertiary/aromatic N) is 2. The van der Waals surface area contributed by atoms with Crippen LogP contribution in [0.15, 0.2) is 58.2 Å². The first-order valence-electron chi connectivity index (χ1n) is 7.99. The monoisotopic (exact) mass is 409 g/mol. The van der Waals surface area contributed by atoms with Crippen LogP contribution < -0.4 is 10.3 Å². The number of hydrogen-bond acceptors (Lipinski definition) is 3. The highest BCUT2D eigenvalue weighted by atomic mass is 35.5. The van der Waals surface area contributed by atoms with E-state index in [9.17, 15) is 17.6 Å². The van der Waals surface area contributed by atoms with Crippen LogP contribution in [0, 0.1) is 12.7 Å². The van der Waals surface area contributed by atoms with Gasteiger partial charge in [0.1, 0.15) is 10.8 Å². The van der Waals surface area contributed by atoms with Gasteiger partial charge >= 0.3 is 0 Å². The van der Waals surface area contributed by atoms with E-state index in [-0.39, 0.29) is 27.8 Å². The van der Waals surface area contributed by atoms with Crippen molar-refractivity contribution in [2.75, 3.05) is 0 Å². The number of rotatable bonds is 5. The number of benzene rings is 2. The van der Waals surface area contributed by atoms with Gasteiger partial charge in [0.25, 0.3) is 5.56 Å². The van der Waals surface area contributed by atoms with E-state index in [1.807, 2.05) is 0 Å². The lowest BCUT2D eigenvalue weighted by Gasteiger charge is -2.10. The molecule has 3 rings (SSSR count).